The van der Waals surface area contributed by atoms with E-state index in [4.69, 9.17) is 0 Å². The number of hydrogen-bond acceptors (Lipinski definition) is 2. The summed E-state index contributed by atoms with van der Waals surface area (Å²) in [6, 6.07) is 4.40. The number of hydrogen-bond donors (Lipinski definition) is 1. The molecule has 1 rings (SSSR count). The van der Waals surface area contributed by atoms with Gasteiger partial charge in [0.05, 0.1) is 0 Å². The number of benzene rings is 1. The minimum Gasteiger partial charge on any atom is -0.507 e. The fourth-order valence-corrected chi connectivity index (χ4v) is 2.81. The first-order valence-corrected chi connectivity index (χ1v) is 8.59. The van der Waals surface area contributed by atoms with Crippen LogP contribution in [-0.4, -0.2) is 29.6 Å². The molecule has 0 fully saturated rings. The molecule has 0 unspecified atom stereocenters. The molecule has 0 aliphatic carbocycles. The van der Waals surface area contributed by atoms with E-state index in [0.717, 1.165) is 37.2 Å². The SMILES string of the molecule is CCN(CC)CCc1cc(C(C)(C)C)c(O)c(C(C)(C)C)c1. The van der Waals surface area contributed by atoms with Crippen LogP contribution in [0.5, 0.6) is 5.75 Å². The lowest BCUT2D eigenvalue weighted by Gasteiger charge is -2.28. The quantitative estimate of drug-likeness (QED) is 0.838. The van der Waals surface area contributed by atoms with Crippen molar-refractivity contribution in [3.63, 3.8) is 0 Å². The topological polar surface area (TPSA) is 23.5 Å². The normalized spacial score (nSPS) is 13.0. The third kappa shape index (κ3) is 4.74. The Morgan fingerprint density at radius 3 is 1.59 bits per heavy atom. The van der Waals surface area contributed by atoms with E-state index in [1.807, 2.05) is 0 Å². The van der Waals surface area contributed by atoms with Crippen molar-refractivity contribution in [1.29, 1.82) is 0 Å². The largest absolute Gasteiger partial charge is 0.507 e. The van der Waals surface area contributed by atoms with Crippen molar-refractivity contribution >= 4 is 0 Å². The van der Waals surface area contributed by atoms with Gasteiger partial charge in [-0.1, -0.05) is 67.5 Å². The second kappa shape index (κ2) is 7.04. The minimum absolute atomic E-state index is 0.0463. The van der Waals surface area contributed by atoms with Crippen LogP contribution in [0, 0.1) is 0 Å². The zero-order chi connectivity index (χ0) is 17.1. The van der Waals surface area contributed by atoms with Crippen molar-refractivity contribution in [2.24, 2.45) is 0 Å². The van der Waals surface area contributed by atoms with Crippen LogP contribution in [-0.2, 0) is 17.3 Å². The lowest BCUT2D eigenvalue weighted by molar-refractivity contribution is 0.307. The van der Waals surface area contributed by atoms with Crippen LogP contribution in [0.4, 0.5) is 0 Å². The van der Waals surface area contributed by atoms with Crippen LogP contribution in [0.1, 0.15) is 72.1 Å². The van der Waals surface area contributed by atoms with Gasteiger partial charge in [0.1, 0.15) is 5.75 Å². The van der Waals surface area contributed by atoms with Gasteiger partial charge in [-0.15, -0.1) is 0 Å². The summed E-state index contributed by atoms with van der Waals surface area (Å²) in [6.07, 6.45) is 1.04. The smallest absolute Gasteiger partial charge is 0.123 e. The average molecular weight is 306 g/mol. The standard InChI is InChI=1S/C20H35NO/c1-9-21(10-2)12-11-15-13-16(19(3,4)5)18(22)17(14-15)20(6,7)8/h13-14,22H,9-12H2,1-8H3. The second-order valence-electron chi connectivity index (χ2n) is 8.32. The monoisotopic (exact) mass is 305 g/mol. The fraction of sp³-hybridized carbons (Fsp3) is 0.700. The summed E-state index contributed by atoms with van der Waals surface area (Å²) >= 11 is 0. The zero-order valence-corrected chi connectivity index (χ0v) is 15.9. The molecule has 0 bridgehead atoms. The molecule has 0 aliphatic rings. The number of phenols is 1. The van der Waals surface area contributed by atoms with Gasteiger partial charge in [-0.25, -0.2) is 0 Å². The van der Waals surface area contributed by atoms with E-state index in [-0.39, 0.29) is 10.8 Å². The molecule has 0 amide bonds. The number of phenolic OH excluding ortho intramolecular Hbond substituents is 1. The van der Waals surface area contributed by atoms with Gasteiger partial charge in [0.15, 0.2) is 0 Å². The fourth-order valence-electron chi connectivity index (χ4n) is 2.81. The van der Waals surface area contributed by atoms with E-state index in [0.29, 0.717) is 5.75 Å². The molecule has 2 heteroatoms. The molecule has 1 aromatic rings. The van der Waals surface area contributed by atoms with Crippen molar-refractivity contribution in [2.75, 3.05) is 19.6 Å². The Labute approximate surface area is 137 Å². The van der Waals surface area contributed by atoms with Crippen molar-refractivity contribution in [2.45, 2.75) is 72.6 Å². The predicted octanol–water partition coefficient (Wildman–Crippen LogP) is 4.87. The Bertz CT molecular complexity index is 452. The summed E-state index contributed by atoms with van der Waals surface area (Å²) < 4.78 is 0. The highest BCUT2D eigenvalue weighted by Gasteiger charge is 2.26. The Kier molecular flexibility index (Phi) is 6.09. The van der Waals surface area contributed by atoms with Crippen LogP contribution in [0.2, 0.25) is 0 Å². The van der Waals surface area contributed by atoms with Gasteiger partial charge in [0.25, 0.3) is 0 Å². The summed E-state index contributed by atoms with van der Waals surface area (Å²) in [7, 11) is 0. The maximum Gasteiger partial charge on any atom is 0.123 e. The molecular weight excluding hydrogens is 270 g/mol. The molecule has 126 valence electrons. The molecule has 22 heavy (non-hydrogen) atoms. The van der Waals surface area contributed by atoms with Crippen LogP contribution in [0.3, 0.4) is 0 Å². The van der Waals surface area contributed by atoms with E-state index in [2.05, 4.69) is 72.4 Å². The molecule has 2 nitrogen and oxygen atoms in total. The van der Waals surface area contributed by atoms with Crippen LogP contribution in [0.15, 0.2) is 12.1 Å². The molecule has 0 aliphatic heterocycles. The van der Waals surface area contributed by atoms with Crippen molar-refractivity contribution in [1.82, 2.24) is 4.90 Å². The predicted molar refractivity (Wildman–Crippen MR) is 97.0 cm³/mol. The van der Waals surface area contributed by atoms with Gasteiger partial charge in [-0.05, 0) is 47.0 Å². The van der Waals surface area contributed by atoms with Crippen molar-refractivity contribution in [3.8, 4) is 5.75 Å². The van der Waals surface area contributed by atoms with Gasteiger partial charge in [-0.3, -0.25) is 0 Å². The van der Waals surface area contributed by atoms with Gasteiger partial charge in [0, 0.05) is 6.54 Å². The third-order valence-electron chi connectivity index (χ3n) is 4.40. The maximum absolute atomic E-state index is 10.7. The summed E-state index contributed by atoms with van der Waals surface area (Å²) in [5.74, 6) is 0.478. The Morgan fingerprint density at radius 2 is 1.27 bits per heavy atom. The average Bonchev–Trinajstić information content (AvgIpc) is 2.38. The molecule has 0 spiro atoms. The molecule has 0 saturated heterocycles. The van der Waals surface area contributed by atoms with Crippen molar-refractivity contribution in [3.05, 3.63) is 28.8 Å². The zero-order valence-electron chi connectivity index (χ0n) is 15.9. The summed E-state index contributed by atoms with van der Waals surface area (Å²) in [6.45, 7) is 20.7. The molecule has 0 heterocycles. The highest BCUT2D eigenvalue weighted by molar-refractivity contribution is 5.49. The summed E-state index contributed by atoms with van der Waals surface area (Å²) in [5, 5.41) is 10.7. The van der Waals surface area contributed by atoms with Crippen molar-refractivity contribution < 1.29 is 5.11 Å². The molecular formula is C20H35NO. The Hall–Kier alpha value is -1.02. The lowest BCUT2D eigenvalue weighted by atomic mass is 9.78. The Morgan fingerprint density at radius 1 is 0.864 bits per heavy atom. The van der Waals surface area contributed by atoms with Gasteiger partial charge >= 0.3 is 0 Å². The van der Waals surface area contributed by atoms with Crippen LogP contribution >= 0.6 is 0 Å². The second-order valence-corrected chi connectivity index (χ2v) is 8.32. The minimum atomic E-state index is -0.0463. The lowest BCUT2D eigenvalue weighted by Crippen LogP contribution is -2.25. The molecule has 0 saturated carbocycles. The van der Waals surface area contributed by atoms with E-state index in [1.54, 1.807) is 0 Å². The first-order chi connectivity index (χ1) is 10.0. The molecule has 0 aromatic heterocycles. The van der Waals surface area contributed by atoms with Gasteiger partial charge < -0.3 is 10.0 Å². The summed E-state index contributed by atoms with van der Waals surface area (Å²) in [5.41, 5.74) is 3.37. The number of nitrogens with zero attached hydrogens (tertiary/aromatic N) is 1. The molecule has 1 aromatic carbocycles. The van der Waals surface area contributed by atoms with E-state index < -0.39 is 0 Å². The first kappa shape index (κ1) is 19.0. The van der Waals surface area contributed by atoms with Gasteiger partial charge in [0.2, 0.25) is 0 Å². The van der Waals surface area contributed by atoms with E-state index in [1.165, 1.54) is 5.56 Å². The van der Waals surface area contributed by atoms with E-state index in [9.17, 15) is 5.11 Å². The third-order valence-corrected chi connectivity index (χ3v) is 4.40. The first-order valence-electron chi connectivity index (χ1n) is 8.59. The highest BCUT2D eigenvalue weighted by atomic mass is 16.3. The number of rotatable bonds is 5. The molecule has 0 atom stereocenters. The van der Waals surface area contributed by atoms with Crippen LogP contribution in [0.25, 0.3) is 0 Å². The maximum atomic E-state index is 10.7. The molecule has 0 radical (unpaired) electrons. The number of likely N-dealkylation sites (N-methyl/N-ethyl adjacent to an activating group) is 1. The van der Waals surface area contributed by atoms with Gasteiger partial charge in [-0.2, -0.15) is 0 Å². The highest BCUT2D eigenvalue weighted by Crippen LogP contribution is 2.39. The Balaban J connectivity index is 3.24. The van der Waals surface area contributed by atoms with E-state index >= 15 is 0 Å². The molecule has 1 N–H and O–H groups in total. The summed E-state index contributed by atoms with van der Waals surface area (Å²) in [4.78, 5) is 2.44. The van der Waals surface area contributed by atoms with Crippen LogP contribution < -0.4 is 0 Å². The number of aromatic hydroxyl groups is 1.